The first kappa shape index (κ1) is 21.8. The molecule has 0 aliphatic heterocycles. The number of nitrogens with zero attached hydrogens (tertiary/aromatic N) is 1. The van der Waals surface area contributed by atoms with Crippen LogP contribution in [0.3, 0.4) is 0 Å². The molecule has 0 aliphatic carbocycles. The molecule has 0 aliphatic rings. The average Bonchev–Trinajstić information content (AvgIpc) is 2.65. The van der Waals surface area contributed by atoms with Gasteiger partial charge in [0, 0.05) is 17.6 Å². The molecule has 150 valence electrons. The Bertz CT molecular complexity index is 823. The van der Waals surface area contributed by atoms with Gasteiger partial charge in [0.25, 0.3) is 0 Å². The first-order valence-electron chi connectivity index (χ1n) is 9.27. The lowest BCUT2D eigenvalue weighted by Gasteiger charge is -2.29. The standard InChI is InChI=1S/C22H27ClN2O3/c1-15(2)24-22(27)16(3)25(14-18-8-6-10-20(12-18)28-4)21(26)13-17-7-5-9-19(23)11-17/h5-12,15-16H,13-14H2,1-4H3,(H,24,27)/t16-/m1/s1. The van der Waals surface area contributed by atoms with Gasteiger partial charge >= 0.3 is 0 Å². The van der Waals surface area contributed by atoms with E-state index < -0.39 is 6.04 Å². The highest BCUT2D eigenvalue weighted by molar-refractivity contribution is 6.30. The maximum absolute atomic E-state index is 13.1. The van der Waals surface area contributed by atoms with Gasteiger partial charge in [-0.25, -0.2) is 0 Å². The molecule has 1 atom stereocenters. The Balaban J connectivity index is 2.25. The summed E-state index contributed by atoms with van der Waals surface area (Å²) in [4.78, 5) is 27.2. The number of ether oxygens (including phenoxy) is 1. The third kappa shape index (κ3) is 6.27. The number of benzene rings is 2. The number of rotatable bonds is 8. The molecule has 28 heavy (non-hydrogen) atoms. The second-order valence-electron chi connectivity index (χ2n) is 7.02. The Labute approximate surface area is 171 Å². The van der Waals surface area contributed by atoms with Crippen molar-refractivity contribution < 1.29 is 14.3 Å². The molecule has 6 heteroatoms. The van der Waals surface area contributed by atoms with Gasteiger partial charge in [0.1, 0.15) is 11.8 Å². The van der Waals surface area contributed by atoms with E-state index >= 15 is 0 Å². The van der Waals surface area contributed by atoms with Crippen LogP contribution >= 0.6 is 11.6 Å². The molecule has 2 aromatic rings. The summed E-state index contributed by atoms with van der Waals surface area (Å²) in [6.45, 7) is 5.84. The summed E-state index contributed by atoms with van der Waals surface area (Å²) < 4.78 is 5.27. The zero-order valence-corrected chi connectivity index (χ0v) is 17.5. The summed E-state index contributed by atoms with van der Waals surface area (Å²) in [6, 6.07) is 14.1. The lowest BCUT2D eigenvalue weighted by molar-refractivity contribution is -0.140. The number of nitrogens with one attached hydrogen (secondary N) is 1. The van der Waals surface area contributed by atoms with Crippen molar-refractivity contribution in [3.05, 3.63) is 64.7 Å². The molecule has 0 fully saturated rings. The van der Waals surface area contributed by atoms with Gasteiger partial charge in [-0.05, 0) is 56.2 Å². The molecule has 0 spiro atoms. The lowest BCUT2D eigenvalue weighted by Crippen LogP contribution is -2.49. The molecule has 0 unspecified atom stereocenters. The second-order valence-corrected chi connectivity index (χ2v) is 7.46. The monoisotopic (exact) mass is 402 g/mol. The predicted octanol–water partition coefficient (Wildman–Crippen LogP) is 3.83. The zero-order chi connectivity index (χ0) is 20.7. The number of hydrogen-bond donors (Lipinski definition) is 1. The largest absolute Gasteiger partial charge is 0.497 e. The third-order valence-electron chi connectivity index (χ3n) is 4.33. The molecule has 1 N–H and O–H groups in total. The Morgan fingerprint density at radius 1 is 1.07 bits per heavy atom. The summed E-state index contributed by atoms with van der Waals surface area (Å²) >= 11 is 6.04. The molecule has 0 heterocycles. The fourth-order valence-electron chi connectivity index (χ4n) is 2.88. The predicted molar refractivity (Wildman–Crippen MR) is 111 cm³/mol. The smallest absolute Gasteiger partial charge is 0.242 e. The van der Waals surface area contributed by atoms with Crippen LogP contribution in [0.1, 0.15) is 31.9 Å². The van der Waals surface area contributed by atoms with Crippen LogP contribution in [0.25, 0.3) is 0 Å². The molecule has 2 rings (SSSR count). The maximum atomic E-state index is 13.1. The van der Waals surface area contributed by atoms with Crippen LogP contribution in [0.2, 0.25) is 5.02 Å². The van der Waals surface area contributed by atoms with Crippen LogP contribution in [-0.2, 0) is 22.6 Å². The summed E-state index contributed by atoms with van der Waals surface area (Å²) in [5, 5.41) is 3.46. The Morgan fingerprint density at radius 2 is 1.75 bits per heavy atom. The van der Waals surface area contributed by atoms with Gasteiger partial charge < -0.3 is 15.0 Å². The number of methoxy groups -OCH3 is 1. The van der Waals surface area contributed by atoms with Crippen molar-refractivity contribution in [3.8, 4) is 5.75 Å². The van der Waals surface area contributed by atoms with Crippen molar-refractivity contribution in [2.75, 3.05) is 7.11 Å². The second kappa shape index (κ2) is 10.1. The van der Waals surface area contributed by atoms with E-state index in [0.717, 1.165) is 11.1 Å². The van der Waals surface area contributed by atoms with Crippen molar-refractivity contribution in [3.63, 3.8) is 0 Å². The summed E-state index contributed by atoms with van der Waals surface area (Å²) in [7, 11) is 1.60. The van der Waals surface area contributed by atoms with Crippen molar-refractivity contribution in [1.82, 2.24) is 10.2 Å². The van der Waals surface area contributed by atoms with Crippen molar-refractivity contribution >= 4 is 23.4 Å². The normalized spacial score (nSPS) is 11.8. The number of hydrogen-bond acceptors (Lipinski definition) is 3. The van der Waals surface area contributed by atoms with E-state index in [9.17, 15) is 9.59 Å². The maximum Gasteiger partial charge on any atom is 0.242 e. The van der Waals surface area contributed by atoms with Crippen LogP contribution in [0.15, 0.2) is 48.5 Å². The van der Waals surface area contributed by atoms with Crippen molar-refractivity contribution in [2.45, 2.75) is 45.8 Å². The minimum absolute atomic E-state index is 0.00310. The fourth-order valence-corrected chi connectivity index (χ4v) is 3.09. The Morgan fingerprint density at radius 3 is 2.39 bits per heavy atom. The molecular formula is C22H27ClN2O3. The molecule has 0 saturated heterocycles. The van der Waals surface area contributed by atoms with Gasteiger partial charge in [0.15, 0.2) is 0 Å². The zero-order valence-electron chi connectivity index (χ0n) is 16.7. The highest BCUT2D eigenvalue weighted by atomic mass is 35.5. The number of carbonyl (C=O) groups excluding carboxylic acids is 2. The van der Waals surface area contributed by atoms with E-state index in [4.69, 9.17) is 16.3 Å². The summed E-state index contributed by atoms with van der Waals surface area (Å²) in [5.41, 5.74) is 1.70. The average molecular weight is 403 g/mol. The number of amides is 2. The van der Waals surface area contributed by atoms with E-state index in [2.05, 4.69) is 5.32 Å². The van der Waals surface area contributed by atoms with Gasteiger partial charge in [-0.3, -0.25) is 9.59 Å². The van der Waals surface area contributed by atoms with E-state index in [1.807, 2.05) is 50.2 Å². The minimum atomic E-state index is -0.611. The highest BCUT2D eigenvalue weighted by Gasteiger charge is 2.26. The van der Waals surface area contributed by atoms with Gasteiger partial charge in [0.05, 0.1) is 13.5 Å². The van der Waals surface area contributed by atoms with Gasteiger partial charge in [-0.2, -0.15) is 0 Å². The summed E-state index contributed by atoms with van der Waals surface area (Å²) in [6.07, 6.45) is 0.170. The topological polar surface area (TPSA) is 58.6 Å². The van der Waals surface area contributed by atoms with Gasteiger partial charge in [-0.15, -0.1) is 0 Å². The molecule has 0 saturated carbocycles. The van der Waals surface area contributed by atoms with Crippen molar-refractivity contribution in [1.29, 1.82) is 0 Å². The molecular weight excluding hydrogens is 376 g/mol. The van der Waals surface area contributed by atoms with E-state index in [-0.39, 0.29) is 24.3 Å². The lowest BCUT2D eigenvalue weighted by atomic mass is 10.1. The van der Waals surface area contributed by atoms with Crippen LogP contribution < -0.4 is 10.1 Å². The third-order valence-corrected chi connectivity index (χ3v) is 4.56. The highest BCUT2D eigenvalue weighted by Crippen LogP contribution is 2.18. The SMILES string of the molecule is COc1cccc(CN(C(=O)Cc2cccc(Cl)c2)[C@H](C)C(=O)NC(C)C)c1. The van der Waals surface area contributed by atoms with E-state index in [1.165, 1.54) is 0 Å². The van der Waals surface area contributed by atoms with E-state index in [1.54, 1.807) is 31.1 Å². The fraction of sp³-hybridized carbons (Fsp3) is 0.364. The molecule has 2 aromatic carbocycles. The Hall–Kier alpha value is -2.53. The van der Waals surface area contributed by atoms with Gasteiger partial charge in [-0.1, -0.05) is 35.9 Å². The quantitative estimate of drug-likeness (QED) is 0.729. The molecule has 5 nitrogen and oxygen atoms in total. The molecule has 0 aromatic heterocycles. The van der Waals surface area contributed by atoms with Crippen LogP contribution in [-0.4, -0.2) is 35.9 Å². The first-order chi connectivity index (χ1) is 13.3. The molecule has 0 bridgehead atoms. The molecule has 0 radical (unpaired) electrons. The van der Waals surface area contributed by atoms with Crippen LogP contribution in [0.4, 0.5) is 0 Å². The minimum Gasteiger partial charge on any atom is -0.497 e. The summed E-state index contributed by atoms with van der Waals surface area (Å²) in [5.74, 6) is 0.382. The number of halogens is 1. The number of carbonyl (C=O) groups is 2. The van der Waals surface area contributed by atoms with Crippen LogP contribution in [0.5, 0.6) is 5.75 Å². The van der Waals surface area contributed by atoms with Crippen LogP contribution in [0, 0.1) is 0 Å². The van der Waals surface area contributed by atoms with Gasteiger partial charge in [0.2, 0.25) is 11.8 Å². The molecule has 2 amide bonds. The van der Waals surface area contributed by atoms with E-state index in [0.29, 0.717) is 17.3 Å². The Kier molecular flexibility index (Phi) is 7.88. The first-order valence-corrected chi connectivity index (χ1v) is 9.65. The van der Waals surface area contributed by atoms with Crippen molar-refractivity contribution in [2.24, 2.45) is 0 Å².